The number of carbonyl (C=O) groups excluding carboxylic acids is 1. The Balaban J connectivity index is 3.20. The third-order valence-electron chi connectivity index (χ3n) is 1.70. The number of benzene rings is 1. The van der Waals surface area contributed by atoms with Crippen LogP contribution in [-0.2, 0) is 10.6 Å². The van der Waals surface area contributed by atoms with Crippen LogP contribution in [0.1, 0.15) is 12.5 Å². The van der Waals surface area contributed by atoms with Crippen molar-refractivity contribution in [2.24, 2.45) is 4.99 Å². The van der Waals surface area contributed by atoms with Gasteiger partial charge in [0.15, 0.2) is 0 Å². The molecule has 0 saturated carbocycles. The van der Waals surface area contributed by atoms with Gasteiger partial charge in [-0.15, -0.1) is 0 Å². The van der Waals surface area contributed by atoms with Gasteiger partial charge in [0, 0.05) is 5.56 Å². The molecule has 0 aliphatic rings. The quantitative estimate of drug-likeness (QED) is 0.437. The van der Waals surface area contributed by atoms with Crippen molar-refractivity contribution in [2.75, 3.05) is 0 Å². The Labute approximate surface area is 90.4 Å². The molecule has 0 N–H and O–H groups in total. The zero-order valence-corrected chi connectivity index (χ0v) is 8.73. The molecule has 0 aliphatic carbocycles. The molecule has 2 nitrogen and oxygen atoms in total. The Morgan fingerprint density at radius 1 is 1.43 bits per heavy atom. The van der Waals surface area contributed by atoms with Gasteiger partial charge < -0.3 is 0 Å². The molecule has 1 aromatic carbocycles. The van der Waals surface area contributed by atoms with Crippen molar-refractivity contribution in [3.05, 3.63) is 33.8 Å². The number of aliphatic imine (C=N–C) groups is 1. The number of hydrogen-bond donors (Lipinski definition) is 0. The van der Waals surface area contributed by atoms with Gasteiger partial charge in [0.25, 0.3) is 0 Å². The van der Waals surface area contributed by atoms with Gasteiger partial charge in [-0.1, -0.05) is 29.3 Å². The van der Waals surface area contributed by atoms with Gasteiger partial charge in [0.2, 0.25) is 11.9 Å². The second-order valence-electron chi connectivity index (χ2n) is 2.79. The maximum atomic E-state index is 13.6. The summed E-state index contributed by atoms with van der Waals surface area (Å²) in [6.07, 6.45) is 1.16. The standard InChI is InChI=1S/C9H6Cl2FNO/c1-9(12,13-5-14)6-2-3-7(10)8(11)4-6/h2-4H,1H3. The van der Waals surface area contributed by atoms with E-state index in [0.717, 1.165) is 13.0 Å². The average molecular weight is 234 g/mol. The monoisotopic (exact) mass is 233 g/mol. The minimum atomic E-state index is -2.12. The van der Waals surface area contributed by atoms with Crippen LogP contribution in [0.25, 0.3) is 0 Å². The van der Waals surface area contributed by atoms with E-state index in [4.69, 9.17) is 23.2 Å². The van der Waals surface area contributed by atoms with Crippen LogP contribution in [0.5, 0.6) is 0 Å². The summed E-state index contributed by atoms with van der Waals surface area (Å²) in [7, 11) is 0. The minimum absolute atomic E-state index is 0.162. The first-order valence-electron chi connectivity index (χ1n) is 3.71. The molecule has 0 aliphatic heterocycles. The lowest BCUT2D eigenvalue weighted by atomic mass is 10.1. The predicted octanol–water partition coefficient (Wildman–Crippen LogP) is 3.47. The van der Waals surface area contributed by atoms with E-state index < -0.39 is 5.79 Å². The van der Waals surface area contributed by atoms with E-state index >= 15 is 0 Å². The van der Waals surface area contributed by atoms with Crippen molar-refractivity contribution in [1.82, 2.24) is 0 Å². The van der Waals surface area contributed by atoms with E-state index in [1.54, 1.807) is 0 Å². The Morgan fingerprint density at radius 3 is 2.57 bits per heavy atom. The van der Waals surface area contributed by atoms with E-state index in [1.807, 2.05) is 0 Å². The molecule has 1 rings (SSSR count). The molecular formula is C9H6Cl2FNO. The summed E-state index contributed by atoms with van der Waals surface area (Å²) in [5.74, 6) is -2.12. The fourth-order valence-electron chi connectivity index (χ4n) is 0.930. The number of nitrogens with zero attached hydrogens (tertiary/aromatic N) is 1. The maximum absolute atomic E-state index is 13.6. The van der Waals surface area contributed by atoms with E-state index in [1.165, 1.54) is 18.2 Å². The fraction of sp³-hybridized carbons (Fsp3) is 0.222. The van der Waals surface area contributed by atoms with Crippen molar-refractivity contribution in [3.63, 3.8) is 0 Å². The molecule has 1 unspecified atom stereocenters. The highest BCUT2D eigenvalue weighted by atomic mass is 35.5. The molecular weight excluding hydrogens is 228 g/mol. The molecule has 0 aromatic heterocycles. The number of rotatable bonds is 2. The summed E-state index contributed by atoms with van der Waals surface area (Å²) in [5, 5.41) is 0.537. The summed E-state index contributed by atoms with van der Waals surface area (Å²) >= 11 is 11.3. The summed E-state index contributed by atoms with van der Waals surface area (Å²) in [6, 6.07) is 4.18. The van der Waals surface area contributed by atoms with Crippen LogP contribution in [0.4, 0.5) is 4.39 Å². The van der Waals surface area contributed by atoms with E-state index in [-0.39, 0.29) is 10.6 Å². The molecule has 0 radical (unpaired) electrons. The SMILES string of the molecule is CC(F)(N=C=O)c1ccc(Cl)c(Cl)c1. The Kier molecular flexibility index (Phi) is 3.27. The lowest BCUT2D eigenvalue weighted by Gasteiger charge is -2.13. The van der Waals surface area contributed by atoms with Gasteiger partial charge in [-0.25, -0.2) is 9.18 Å². The van der Waals surface area contributed by atoms with Crippen LogP contribution < -0.4 is 0 Å². The number of hydrogen-bond acceptors (Lipinski definition) is 2. The summed E-state index contributed by atoms with van der Waals surface area (Å²) in [6.45, 7) is 1.14. The molecule has 0 heterocycles. The summed E-state index contributed by atoms with van der Waals surface area (Å²) in [5.41, 5.74) is 0.162. The highest BCUT2D eigenvalue weighted by Crippen LogP contribution is 2.31. The molecule has 0 amide bonds. The van der Waals surface area contributed by atoms with Crippen LogP contribution in [-0.4, -0.2) is 6.08 Å². The number of alkyl halides is 1. The van der Waals surface area contributed by atoms with E-state index in [2.05, 4.69) is 4.99 Å². The van der Waals surface area contributed by atoms with Crippen LogP contribution in [0.3, 0.4) is 0 Å². The normalized spacial score (nSPS) is 14.3. The first-order valence-corrected chi connectivity index (χ1v) is 4.46. The lowest BCUT2D eigenvalue weighted by molar-refractivity contribution is 0.206. The topological polar surface area (TPSA) is 29.4 Å². The van der Waals surface area contributed by atoms with E-state index in [0.29, 0.717) is 5.02 Å². The number of halogens is 3. The molecule has 0 bridgehead atoms. The molecule has 14 heavy (non-hydrogen) atoms. The smallest absolute Gasteiger partial charge is 0.212 e. The Morgan fingerprint density at radius 2 is 2.07 bits per heavy atom. The highest BCUT2D eigenvalue weighted by Gasteiger charge is 2.25. The average Bonchev–Trinajstić information content (AvgIpc) is 2.09. The fourth-order valence-corrected chi connectivity index (χ4v) is 1.23. The molecule has 0 spiro atoms. The zero-order chi connectivity index (χ0) is 10.8. The third-order valence-corrected chi connectivity index (χ3v) is 2.44. The van der Waals surface area contributed by atoms with Crippen molar-refractivity contribution in [3.8, 4) is 0 Å². The van der Waals surface area contributed by atoms with Crippen molar-refractivity contribution < 1.29 is 9.18 Å². The van der Waals surface area contributed by atoms with Crippen LogP contribution in [0, 0.1) is 0 Å². The van der Waals surface area contributed by atoms with Crippen LogP contribution in [0.15, 0.2) is 23.2 Å². The molecule has 5 heteroatoms. The molecule has 74 valence electrons. The van der Waals surface area contributed by atoms with E-state index in [9.17, 15) is 9.18 Å². The lowest BCUT2D eigenvalue weighted by Crippen LogP contribution is -2.11. The number of isocyanates is 1. The van der Waals surface area contributed by atoms with Crippen LogP contribution >= 0.6 is 23.2 Å². The zero-order valence-electron chi connectivity index (χ0n) is 7.22. The first-order chi connectivity index (χ1) is 6.47. The third kappa shape index (κ3) is 2.32. The van der Waals surface area contributed by atoms with Gasteiger partial charge in [-0.05, 0) is 19.1 Å². The second kappa shape index (κ2) is 4.09. The Hall–Kier alpha value is -0.890. The summed E-state index contributed by atoms with van der Waals surface area (Å²) in [4.78, 5) is 13.0. The first kappa shape index (κ1) is 11.2. The van der Waals surface area contributed by atoms with Crippen molar-refractivity contribution in [2.45, 2.75) is 12.7 Å². The van der Waals surface area contributed by atoms with Gasteiger partial charge in [0.05, 0.1) is 10.0 Å². The largest absolute Gasteiger partial charge is 0.238 e. The van der Waals surface area contributed by atoms with Gasteiger partial charge in [-0.2, -0.15) is 4.99 Å². The molecule has 1 atom stereocenters. The highest BCUT2D eigenvalue weighted by molar-refractivity contribution is 6.42. The maximum Gasteiger partial charge on any atom is 0.238 e. The van der Waals surface area contributed by atoms with Crippen LogP contribution in [0.2, 0.25) is 10.0 Å². The summed E-state index contributed by atoms with van der Waals surface area (Å²) < 4.78 is 13.6. The van der Waals surface area contributed by atoms with Gasteiger partial charge >= 0.3 is 0 Å². The van der Waals surface area contributed by atoms with Crippen molar-refractivity contribution >= 4 is 29.3 Å². The van der Waals surface area contributed by atoms with Crippen molar-refractivity contribution in [1.29, 1.82) is 0 Å². The second-order valence-corrected chi connectivity index (χ2v) is 3.60. The Bertz CT molecular complexity index is 400. The van der Waals surface area contributed by atoms with Gasteiger partial charge in [-0.3, -0.25) is 0 Å². The molecule has 0 fully saturated rings. The van der Waals surface area contributed by atoms with Gasteiger partial charge in [0.1, 0.15) is 0 Å². The molecule has 1 aromatic rings. The predicted molar refractivity (Wildman–Crippen MR) is 53.0 cm³/mol. The minimum Gasteiger partial charge on any atom is -0.212 e. The molecule has 0 saturated heterocycles.